The van der Waals surface area contributed by atoms with Crippen molar-refractivity contribution in [1.29, 1.82) is 0 Å². The molecule has 1 aliphatic heterocycles. The summed E-state index contributed by atoms with van der Waals surface area (Å²) in [5, 5.41) is 4.94. The Morgan fingerprint density at radius 1 is 0.889 bits per heavy atom. The van der Waals surface area contributed by atoms with Crippen LogP contribution < -0.4 is 5.32 Å². The molecule has 2 heteroatoms. The maximum absolute atomic E-state index is 4.09. The van der Waals surface area contributed by atoms with Crippen LogP contribution in [-0.2, 0) is 0 Å². The maximum atomic E-state index is 4.09. The van der Waals surface area contributed by atoms with Crippen LogP contribution in [0.5, 0.6) is 0 Å². The van der Waals surface area contributed by atoms with Gasteiger partial charge in [-0.25, -0.2) is 0 Å². The van der Waals surface area contributed by atoms with Gasteiger partial charge >= 0.3 is 0 Å². The van der Waals surface area contributed by atoms with E-state index >= 15 is 0 Å². The normalized spacial score (nSPS) is 54.8. The number of fused-ring (bicyclic) bond motifs is 5. The number of nitrogens with one attached hydrogen (secondary N) is 1. The molecule has 0 spiro atoms. The van der Waals surface area contributed by atoms with Gasteiger partial charge in [0.2, 0.25) is 0 Å². The first kappa shape index (κ1) is 12.1. The van der Waals surface area contributed by atoms with E-state index in [0.29, 0.717) is 0 Å². The summed E-state index contributed by atoms with van der Waals surface area (Å²) in [7, 11) is 0. The minimum Gasteiger partial charge on any atom is -0.310 e. The second-order valence-corrected chi connectivity index (χ2v) is 8.74. The Hall–Kier alpha value is 0.310. The molecule has 102 valence electrons. The van der Waals surface area contributed by atoms with Crippen LogP contribution in [0.2, 0.25) is 0 Å². The van der Waals surface area contributed by atoms with Crippen molar-refractivity contribution in [2.75, 3.05) is 5.75 Å². The highest BCUT2D eigenvalue weighted by Crippen LogP contribution is 2.58. The van der Waals surface area contributed by atoms with Gasteiger partial charge in [0, 0.05) is 17.3 Å². The SMILES string of the molecule is CC1SCCCC1NC1CC2CC1C1CCCC21. The maximum Gasteiger partial charge on any atom is 0.0186 e. The molecule has 1 nitrogen and oxygen atoms in total. The molecule has 2 bridgehead atoms. The monoisotopic (exact) mass is 265 g/mol. The Morgan fingerprint density at radius 2 is 1.78 bits per heavy atom. The van der Waals surface area contributed by atoms with Gasteiger partial charge in [0.15, 0.2) is 0 Å². The minimum atomic E-state index is 0.813. The van der Waals surface area contributed by atoms with E-state index in [-0.39, 0.29) is 0 Å². The fourth-order valence-corrected chi connectivity index (χ4v) is 6.83. The highest BCUT2D eigenvalue weighted by Gasteiger charge is 2.53. The second kappa shape index (κ2) is 4.70. The molecular weight excluding hydrogens is 238 g/mol. The standard InChI is InChI=1S/C16H27NS/c1-10-15(6-3-7-18-10)17-16-9-11-8-14(16)13-5-2-4-12(11)13/h10-17H,2-9H2,1H3. The first-order chi connectivity index (χ1) is 8.83. The predicted molar refractivity (Wildman–Crippen MR) is 78.9 cm³/mol. The van der Waals surface area contributed by atoms with Gasteiger partial charge in [0.25, 0.3) is 0 Å². The predicted octanol–water partition coefficient (Wildman–Crippen LogP) is 3.68. The molecular formula is C16H27NS. The third kappa shape index (κ3) is 1.86. The molecule has 7 atom stereocenters. The second-order valence-electron chi connectivity index (χ2n) is 7.25. The van der Waals surface area contributed by atoms with Crippen LogP contribution >= 0.6 is 11.8 Å². The lowest BCUT2D eigenvalue weighted by Crippen LogP contribution is -2.49. The van der Waals surface area contributed by atoms with Crippen molar-refractivity contribution in [3.63, 3.8) is 0 Å². The zero-order chi connectivity index (χ0) is 12.1. The molecule has 1 saturated heterocycles. The van der Waals surface area contributed by atoms with Crippen LogP contribution in [0.4, 0.5) is 0 Å². The van der Waals surface area contributed by atoms with Gasteiger partial charge in [-0.05, 0) is 67.9 Å². The molecule has 1 N–H and O–H groups in total. The van der Waals surface area contributed by atoms with Gasteiger partial charge in [-0.1, -0.05) is 13.3 Å². The number of hydrogen-bond acceptors (Lipinski definition) is 2. The first-order valence-corrected chi connectivity index (χ1v) is 9.25. The Labute approximate surface area is 116 Å². The highest BCUT2D eigenvalue weighted by atomic mass is 32.2. The van der Waals surface area contributed by atoms with Crippen molar-refractivity contribution in [1.82, 2.24) is 5.32 Å². The molecule has 1 heterocycles. The summed E-state index contributed by atoms with van der Waals surface area (Å²) in [5.74, 6) is 5.81. The number of hydrogen-bond donors (Lipinski definition) is 1. The van der Waals surface area contributed by atoms with E-state index in [2.05, 4.69) is 24.0 Å². The smallest absolute Gasteiger partial charge is 0.0186 e. The topological polar surface area (TPSA) is 12.0 Å². The van der Waals surface area contributed by atoms with Crippen molar-refractivity contribution in [3.8, 4) is 0 Å². The van der Waals surface area contributed by atoms with Gasteiger partial charge in [-0.2, -0.15) is 11.8 Å². The summed E-state index contributed by atoms with van der Waals surface area (Å²) in [5.41, 5.74) is 0. The van der Waals surface area contributed by atoms with Crippen LogP contribution in [0.3, 0.4) is 0 Å². The van der Waals surface area contributed by atoms with E-state index in [1.807, 2.05) is 0 Å². The first-order valence-electron chi connectivity index (χ1n) is 8.20. The van der Waals surface area contributed by atoms with Crippen LogP contribution in [0.25, 0.3) is 0 Å². The molecule has 7 unspecified atom stereocenters. The summed E-state index contributed by atoms with van der Waals surface area (Å²) >= 11 is 2.19. The van der Waals surface area contributed by atoms with Crippen molar-refractivity contribution < 1.29 is 0 Å². The van der Waals surface area contributed by atoms with Gasteiger partial charge in [0.05, 0.1) is 0 Å². The van der Waals surface area contributed by atoms with Gasteiger partial charge in [-0.15, -0.1) is 0 Å². The fraction of sp³-hybridized carbons (Fsp3) is 1.00. The zero-order valence-corrected chi connectivity index (χ0v) is 12.4. The lowest BCUT2D eigenvalue weighted by atomic mass is 9.79. The van der Waals surface area contributed by atoms with E-state index in [1.54, 1.807) is 19.3 Å². The molecule has 0 amide bonds. The summed E-state index contributed by atoms with van der Waals surface area (Å²) < 4.78 is 0. The quantitative estimate of drug-likeness (QED) is 0.817. The Morgan fingerprint density at radius 3 is 2.67 bits per heavy atom. The van der Waals surface area contributed by atoms with E-state index in [9.17, 15) is 0 Å². The third-order valence-corrected chi connectivity index (χ3v) is 7.84. The Kier molecular flexibility index (Phi) is 3.15. The van der Waals surface area contributed by atoms with E-state index in [1.165, 1.54) is 31.4 Å². The molecule has 0 aromatic heterocycles. The molecule has 3 saturated carbocycles. The molecule has 4 fully saturated rings. The summed E-state index contributed by atoms with van der Waals surface area (Å²) in [6, 6.07) is 1.70. The lowest BCUT2D eigenvalue weighted by Gasteiger charge is -2.38. The molecule has 4 rings (SSSR count). The number of rotatable bonds is 2. The third-order valence-electron chi connectivity index (χ3n) is 6.46. The van der Waals surface area contributed by atoms with Crippen molar-refractivity contribution in [2.45, 2.75) is 69.2 Å². The average Bonchev–Trinajstić information content (AvgIpc) is 3.03. The summed E-state index contributed by atoms with van der Waals surface area (Å²) in [6.07, 6.45) is 10.6. The van der Waals surface area contributed by atoms with E-state index in [4.69, 9.17) is 0 Å². The largest absolute Gasteiger partial charge is 0.310 e. The Bertz CT molecular complexity index is 318. The van der Waals surface area contributed by atoms with Crippen LogP contribution in [0.15, 0.2) is 0 Å². The molecule has 0 aromatic rings. The van der Waals surface area contributed by atoms with E-state index < -0.39 is 0 Å². The van der Waals surface area contributed by atoms with Crippen LogP contribution in [-0.4, -0.2) is 23.1 Å². The van der Waals surface area contributed by atoms with E-state index in [0.717, 1.165) is 41.0 Å². The summed E-state index contributed by atoms with van der Waals surface area (Å²) in [4.78, 5) is 0. The lowest BCUT2D eigenvalue weighted by molar-refractivity contribution is 0.194. The molecule has 18 heavy (non-hydrogen) atoms. The van der Waals surface area contributed by atoms with Crippen molar-refractivity contribution in [2.24, 2.45) is 23.7 Å². The van der Waals surface area contributed by atoms with Crippen LogP contribution in [0, 0.1) is 23.7 Å². The molecule has 4 aliphatic rings. The molecule has 3 aliphatic carbocycles. The fourth-order valence-electron chi connectivity index (χ4n) is 5.68. The van der Waals surface area contributed by atoms with Gasteiger partial charge in [-0.3, -0.25) is 0 Å². The van der Waals surface area contributed by atoms with Gasteiger partial charge < -0.3 is 5.32 Å². The number of thioether (sulfide) groups is 1. The van der Waals surface area contributed by atoms with Gasteiger partial charge in [0.1, 0.15) is 0 Å². The van der Waals surface area contributed by atoms with Crippen LogP contribution in [0.1, 0.15) is 51.9 Å². The minimum absolute atomic E-state index is 0.813. The zero-order valence-electron chi connectivity index (χ0n) is 11.6. The van der Waals surface area contributed by atoms with Crippen molar-refractivity contribution in [3.05, 3.63) is 0 Å². The molecule has 0 radical (unpaired) electrons. The summed E-state index contributed by atoms with van der Waals surface area (Å²) in [6.45, 7) is 2.44. The van der Waals surface area contributed by atoms with Crippen molar-refractivity contribution >= 4 is 11.8 Å². The Balaban J connectivity index is 1.41. The highest BCUT2D eigenvalue weighted by molar-refractivity contribution is 7.99. The average molecular weight is 265 g/mol. The molecule has 0 aromatic carbocycles.